The fourth-order valence-corrected chi connectivity index (χ4v) is 2.31. The van der Waals surface area contributed by atoms with Crippen molar-refractivity contribution in [3.8, 4) is 17.2 Å². The topological polar surface area (TPSA) is 84.4 Å². The molecule has 2 rings (SSSR count). The molecule has 0 atom stereocenters. The zero-order valence-electron chi connectivity index (χ0n) is 13.9. The van der Waals surface area contributed by atoms with Gasteiger partial charge in [0, 0.05) is 12.1 Å². The molecule has 2 aromatic rings. The lowest BCUT2D eigenvalue weighted by Gasteiger charge is -2.16. The molecule has 4 N–H and O–H groups in total. The lowest BCUT2D eigenvalue weighted by atomic mass is 10.1. The number of rotatable bonds is 6. The number of ether oxygens (including phenoxy) is 3. The van der Waals surface area contributed by atoms with Crippen LogP contribution in [0.3, 0.4) is 0 Å². The number of carbonyl (C=O) groups excluding carboxylic acids is 1. The minimum absolute atomic E-state index is 0. The first kappa shape index (κ1) is 19.6. The first-order chi connectivity index (χ1) is 11.1. The summed E-state index contributed by atoms with van der Waals surface area (Å²) in [6.45, 7) is 0.302. The van der Waals surface area contributed by atoms with Crippen LogP contribution in [0.1, 0.15) is 15.9 Å². The predicted octanol–water partition coefficient (Wildman–Crippen LogP) is -1.48. The number of quaternary nitrogens is 1. The van der Waals surface area contributed by atoms with Crippen LogP contribution in [0.5, 0.6) is 17.2 Å². The van der Waals surface area contributed by atoms with Gasteiger partial charge in [-0.2, -0.15) is 0 Å². The number of methoxy groups -OCH3 is 3. The Hall–Kier alpha value is -2.44. The number of halogens is 1. The second-order valence-corrected chi connectivity index (χ2v) is 4.83. The molecule has 0 bridgehead atoms. The van der Waals surface area contributed by atoms with E-state index in [0.29, 0.717) is 35.0 Å². The zero-order valence-corrected chi connectivity index (χ0v) is 14.6. The second-order valence-electron chi connectivity index (χ2n) is 4.83. The third kappa shape index (κ3) is 4.10. The Labute approximate surface area is 147 Å². The van der Waals surface area contributed by atoms with Crippen LogP contribution < -0.4 is 37.7 Å². The van der Waals surface area contributed by atoms with E-state index in [4.69, 9.17) is 14.2 Å². The Kier molecular flexibility index (Phi) is 7.35. The number of hydrogen-bond acceptors (Lipinski definition) is 4. The van der Waals surface area contributed by atoms with Gasteiger partial charge in [-0.15, -0.1) is 0 Å². The third-order valence-electron chi connectivity index (χ3n) is 3.49. The van der Waals surface area contributed by atoms with Crippen molar-refractivity contribution in [2.45, 2.75) is 6.54 Å². The molecular formula is C17H21ClN2O4. The monoisotopic (exact) mass is 352 g/mol. The van der Waals surface area contributed by atoms with E-state index in [9.17, 15) is 4.79 Å². The molecule has 0 aliphatic heterocycles. The van der Waals surface area contributed by atoms with Crippen LogP contribution in [-0.4, -0.2) is 27.2 Å². The van der Waals surface area contributed by atoms with E-state index in [1.807, 2.05) is 12.1 Å². The van der Waals surface area contributed by atoms with E-state index >= 15 is 0 Å². The van der Waals surface area contributed by atoms with Gasteiger partial charge in [0.25, 0.3) is 5.91 Å². The van der Waals surface area contributed by atoms with Crippen molar-refractivity contribution in [3.05, 3.63) is 47.5 Å². The molecule has 0 radical (unpaired) electrons. The van der Waals surface area contributed by atoms with Crippen molar-refractivity contribution < 1.29 is 37.1 Å². The Bertz CT molecular complexity index is 707. The number of nitrogens with one attached hydrogen (secondary N) is 1. The minimum atomic E-state index is -0.188. The number of hydrogen-bond donors (Lipinski definition) is 2. The molecule has 0 unspecified atom stereocenters. The molecule has 0 saturated heterocycles. The second kappa shape index (κ2) is 9.00. The van der Waals surface area contributed by atoms with Crippen molar-refractivity contribution in [2.75, 3.05) is 21.3 Å². The molecule has 0 spiro atoms. The summed E-state index contributed by atoms with van der Waals surface area (Å²) in [4.78, 5) is 12.3. The van der Waals surface area contributed by atoms with Gasteiger partial charge in [0.05, 0.1) is 26.9 Å². The highest BCUT2D eigenvalue weighted by molar-refractivity contribution is 5.97. The van der Waals surface area contributed by atoms with Crippen LogP contribution in [0.25, 0.3) is 0 Å². The largest absolute Gasteiger partial charge is 1.00 e. The SMILES string of the molecule is COc1ccc(CNC(=O)c2ccccc2[NH3+])c(OC)c1OC.[Cl-]. The van der Waals surface area contributed by atoms with Gasteiger partial charge in [-0.3, -0.25) is 4.79 Å². The molecule has 7 heteroatoms. The quantitative estimate of drug-likeness (QED) is 0.664. The summed E-state index contributed by atoms with van der Waals surface area (Å²) in [6.07, 6.45) is 0. The summed E-state index contributed by atoms with van der Waals surface area (Å²) >= 11 is 0. The first-order valence-electron chi connectivity index (χ1n) is 7.09. The minimum Gasteiger partial charge on any atom is -1.00 e. The maximum Gasteiger partial charge on any atom is 0.257 e. The average Bonchev–Trinajstić information content (AvgIpc) is 2.58. The fraction of sp³-hybridized carbons (Fsp3) is 0.235. The molecule has 0 saturated carbocycles. The lowest BCUT2D eigenvalue weighted by Crippen LogP contribution is -3.00. The highest BCUT2D eigenvalue weighted by atomic mass is 35.5. The van der Waals surface area contributed by atoms with Crippen molar-refractivity contribution >= 4 is 11.6 Å². The average molecular weight is 353 g/mol. The Morgan fingerprint density at radius 2 is 1.67 bits per heavy atom. The molecule has 0 aliphatic carbocycles. The van der Waals surface area contributed by atoms with Gasteiger partial charge in [0.1, 0.15) is 5.69 Å². The van der Waals surface area contributed by atoms with E-state index in [1.165, 1.54) is 0 Å². The molecule has 130 valence electrons. The van der Waals surface area contributed by atoms with E-state index in [-0.39, 0.29) is 18.3 Å². The van der Waals surface area contributed by atoms with Crippen molar-refractivity contribution in [1.82, 2.24) is 5.32 Å². The fourth-order valence-electron chi connectivity index (χ4n) is 2.31. The molecule has 6 nitrogen and oxygen atoms in total. The molecule has 2 aromatic carbocycles. The maximum atomic E-state index is 12.3. The molecule has 0 aromatic heterocycles. The number of benzene rings is 2. The van der Waals surface area contributed by atoms with Crippen LogP contribution in [0.2, 0.25) is 0 Å². The van der Waals surface area contributed by atoms with E-state index in [1.54, 1.807) is 45.6 Å². The van der Waals surface area contributed by atoms with Crippen molar-refractivity contribution in [3.63, 3.8) is 0 Å². The Balaban J connectivity index is 0.00000288. The van der Waals surface area contributed by atoms with Gasteiger partial charge >= 0.3 is 0 Å². The number of amides is 1. The van der Waals surface area contributed by atoms with Crippen LogP contribution >= 0.6 is 0 Å². The van der Waals surface area contributed by atoms with Crippen LogP contribution in [-0.2, 0) is 6.54 Å². The van der Waals surface area contributed by atoms with Gasteiger partial charge in [-0.25, -0.2) is 0 Å². The third-order valence-corrected chi connectivity index (χ3v) is 3.49. The standard InChI is InChI=1S/C17H20N2O4.ClH/c1-21-14-9-8-11(15(22-2)16(14)23-3)10-19-17(20)12-6-4-5-7-13(12)18;/h4-9H,10,18H2,1-3H3,(H,19,20);1H. The molecule has 1 amide bonds. The van der Waals surface area contributed by atoms with Gasteiger partial charge < -0.3 is 37.7 Å². The van der Waals surface area contributed by atoms with E-state index in [2.05, 4.69) is 11.1 Å². The van der Waals surface area contributed by atoms with Crippen LogP contribution in [0.4, 0.5) is 5.69 Å². The lowest BCUT2D eigenvalue weighted by molar-refractivity contribution is -0.255. The van der Waals surface area contributed by atoms with Crippen LogP contribution in [0.15, 0.2) is 36.4 Å². The Morgan fingerprint density at radius 1 is 1.00 bits per heavy atom. The predicted molar refractivity (Wildman–Crippen MR) is 86.3 cm³/mol. The molecular weight excluding hydrogens is 332 g/mol. The summed E-state index contributed by atoms with van der Waals surface area (Å²) < 4.78 is 16.0. The molecule has 0 fully saturated rings. The van der Waals surface area contributed by atoms with Crippen LogP contribution in [0, 0.1) is 0 Å². The maximum absolute atomic E-state index is 12.3. The summed E-state index contributed by atoms with van der Waals surface area (Å²) in [7, 11) is 4.65. The van der Waals surface area contributed by atoms with E-state index < -0.39 is 0 Å². The highest BCUT2D eigenvalue weighted by Gasteiger charge is 2.17. The smallest absolute Gasteiger partial charge is 0.257 e. The first-order valence-corrected chi connectivity index (χ1v) is 7.09. The van der Waals surface area contributed by atoms with Gasteiger partial charge in [0.2, 0.25) is 5.75 Å². The summed E-state index contributed by atoms with van der Waals surface area (Å²) in [5.74, 6) is 1.42. The Morgan fingerprint density at radius 3 is 2.25 bits per heavy atom. The van der Waals surface area contributed by atoms with E-state index in [0.717, 1.165) is 5.56 Å². The summed E-state index contributed by atoms with van der Waals surface area (Å²) in [6, 6.07) is 10.8. The number of carbonyl (C=O) groups is 1. The van der Waals surface area contributed by atoms with Crippen molar-refractivity contribution in [1.29, 1.82) is 0 Å². The summed E-state index contributed by atoms with van der Waals surface area (Å²) in [5, 5.41) is 2.86. The molecule has 0 aliphatic rings. The zero-order chi connectivity index (χ0) is 16.8. The molecule has 24 heavy (non-hydrogen) atoms. The summed E-state index contributed by atoms with van der Waals surface area (Å²) in [5.41, 5.74) is 5.88. The van der Waals surface area contributed by atoms with Gasteiger partial charge in [0.15, 0.2) is 11.5 Å². The van der Waals surface area contributed by atoms with Crippen molar-refractivity contribution in [2.24, 2.45) is 0 Å². The van der Waals surface area contributed by atoms with Gasteiger partial charge in [-0.05, 0) is 24.3 Å². The highest BCUT2D eigenvalue weighted by Crippen LogP contribution is 2.39. The molecule has 0 heterocycles. The van der Waals surface area contributed by atoms with Gasteiger partial charge in [-0.1, -0.05) is 12.1 Å². The normalized spacial score (nSPS) is 9.67.